The molecule has 3 fully saturated rings. The van der Waals surface area contributed by atoms with Crippen molar-refractivity contribution in [1.29, 1.82) is 0 Å². The van der Waals surface area contributed by atoms with Gasteiger partial charge in [-0.15, -0.1) is 0 Å². The quantitative estimate of drug-likeness (QED) is 0.295. The van der Waals surface area contributed by atoms with E-state index in [2.05, 4.69) is 34.6 Å². The van der Waals surface area contributed by atoms with Crippen LogP contribution in [0.25, 0.3) is 0 Å². The summed E-state index contributed by atoms with van der Waals surface area (Å²) in [6, 6.07) is 0. The third-order valence-electron chi connectivity index (χ3n) is 10.5. The van der Waals surface area contributed by atoms with Gasteiger partial charge < -0.3 is 4.74 Å². The van der Waals surface area contributed by atoms with Gasteiger partial charge >= 0.3 is 0 Å². The molecule has 2 nitrogen and oxygen atoms in total. The summed E-state index contributed by atoms with van der Waals surface area (Å²) in [6.07, 6.45) is 16.9. The Balaban J connectivity index is 1.52. The Kier molecular flexibility index (Phi) is 7.00. The molecule has 0 aromatic carbocycles. The normalized spacial score (nSPS) is 41.2. The molecule has 4 rings (SSSR count). The van der Waals surface area contributed by atoms with E-state index in [-0.39, 0.29) is 11.2 Å². The van der Waals surface area contributed by atoms with Crippen LogP contribution >= 0.6 is 0 Å². The topological polar surface area (TPSA) is 26.3 Å². The van der Waals surface area contributed by atoms with Crippen LogP contribution in [0.15, 0.2) is 23.5 Å². The molecule has 0 bridgehead atoms. The van der Waals surface area contributed by atoms with E-state index in [9.17, 15) is 4.79 Å². The number of rotatable bonds is 7. The van der Waals surface area contributed by atoms with Crippen molar-refractivity contribution in [2.75, 3.05) is 6.61 Å². The van der Waals surface area contributed by atoms with Gasteiger partial charge in [-0.3, -0.25) is 4.79 Å². The van der Waals surface area contributed by atoms with E-state index in [1.165, 1.54) is 56.9 Å². The van der Waals surface area contributed by atoms with Gasteiger partial charge in [0.15, 0.2) is 5.78 Å². The fraction of sp³-hybridized carbons (Fsp3) is 0.833. The number of carbonyl (C=O) groups excluding carboxylic acids is 1. The second kappa shape index (κ2) is 9.30. The van der Waals surface area contributed by atoms with Gasteiger partial charge in [0.1, 0.15) is 0 Å². The zero-order valence-electron chi connectivity index (χ0n) is 21.7. The van der Waals surface area contributed by atoms with E-state index in [1.54, 1.807) is 6.26 Å². The fourth-order valence-electron chi connectivity index (χ4n) is 8.85. The Bertz CT molecular complexity index is 761. The highest BCUT2D eigenvalue weighted by molar-refractivity contribution is 6.05. The number of hydrogen-bond acceptors (Lipinski definition) is 2. The predicted molar refractivity (Wildman–Crippen MR) is 133 cm³/mol. The molecule has 0 amide bonds. The van der Waals surface area contributed by atoms with E-state index in [0.717, 1.165) is 53.9 Å². The molecule has 0 aliphatic heterocycles. The third kappa shape index (κ3) is 4.14. The standard InChI is InChI=1S/C30H48O2/c1-7-32-19-22-18-30(6)23(17-28(22)31)11-12-24-26-14-13-25(21(4)10-8-9-20(2)3)29(26,5)16-15-27(24)30/h17,19-21,24-27H,7-16,18H2,1-6H3/b22-19-/t21-,24+,25-,26+,27+,29-,30+/m1/s1. The molecule has 4 aliphatic rings. The van der Waals surface area contributed by atoms with Gasteiger partial charge in [-0.2, -0.15) is 0 Å². The lowest BCUT2D eigenvalue weighted by molar-refractivity contribution is -0.113. The highest BCUT2D eigenvalue weighted by Gasteiger charge is 2.59. The molecule has 0 unspecified atom stereocenters. The van der Waals surface area contributed by atoms with Crippen LogP contribution in [-0.4, -0.2) is 12.4 Å². The van der Waals surface area contributed by atoms with Crippen molar-refractivity contribution in [3.8, 4) is 0 Å². The van der Waals surface area contributed by atoms with Crippen LogP contribution in [0.3, 0.4) is 0 Å². The molecule has 0 radical (unpaired) electrons. The van der Waals surface area contributed by atoms with Crippen LogP contribution in [0.5, 0.6) is 0 Å². The SMILES string of the molecule is CCO/C=C1/C[C@@]2(C)C(=CC1=O)CC[C@H]1[C@@H]3CC[C@H]([C@H](C)CCCC(C)C)[C@@]3(C)CC[C@@H]12. The maximum absolute atomic E-state index is 12.7. The zero-order valence-corrected chi connectivity index (χ0v) is 21.7. The van der Waals surface area contributed by atoms with Gasteiger partial charge in [0.2, 0.25) is 0 Å². The van der Waals surface area contributed by atoms with Crippen molar-refractivity contribution in [3.63, 3.8) is 0 Å². The minimum Gasteiger partial charge on any atom is -0.501 e. The number of hydrogen-bond donors (Lipinski definition) is 0. The third-order valence-corrected chi connectivity index (χ3v) is 10.5. The molecule has 7 atom stereocenters. The lowest BCUT2D eigenvalue weighted by Gasteiger charge is -2.58. The number of ether oxygens (including phenoxy) is 1. The van der Waals surface area contributed by atoms with Gasteiger partial charge in [-0.25, -0.2) is 0 Å². The lowest BCUT2D eigenvalue weighted by atomic mass is 9.46. The Labute approximate surface area is 197 Å². The summed E-state index contributed by atoms with van der Waals surface area (Å²) >= 11 is 0. The molecule has 0 saturated heterocycles. The van der Waals surface area contributed by atoms with E-state index in [4.69, 9.17) is 4.74 Å². The molecule has 32 heavy (non-hydrogen) atoms. The monoisotopic (exact) mass is 440 g/mol. The van der Waals surface area contributed by atoms with Gasteiger partial charge in [-0.05, 0) is 104 Å². The van der Waals surface area contributed by atoms with E-state index < -0.39 is 0 Å². The van der Waals surface area contributed by atoms with Crippen molar-refractivity contribution in [2.24, 2.45) is 46.3 Å². The second-order valence-electron chi connectivity index (χ2n) is 12.7. The fourth-order valence-corrected chi connectivity index (χ4v) is 8.85. The molecule has 0 aromatic heterocycles. The predicted octanol–water partition coefficient (Wildman–Crippen LogP) is 8.13. The molecule has 4 aliphatic carbocycles. The maximum atomic E-state index is 12.7. The molecular weight excluding hydrogens is 392 g/mol. The highest BCUT2D eigenvalue weighted by atomic mass is 16.5. The van der Waals surface area contributed by atoms with Crippen LogP contribution in [0.2, 0.25) is 0 Å². The Morgan fingerprint density at radius 1 is 1.09 bits per heavy atom. The van der Waals surface area contributed by atoms with Crippen LogP contribution in [0.1, 0.15) is 106 Å². The van der Waals surface area contributed by atoms with Crippen molar-refractivity contribution in [1.82, 2.24) is 0 Å². The second-order valence-corrected chi connectivity index (χ2v) is 12.7. The highest BCUT2D eigenvalue weighted by Crippen LogP contribution is 2.67. The van der Waals surface area contributed by atoms with Crippen LogP contribution in [0.4, 0.5) is 0 Å². The van der Waals surface area contributed by atoms with Crippen molar-refractivity contribution in [2.45, 2.75) is 106 Å². The summed E-state index contributed by atoms with van der Waals surface area (Å²) in [5, 5.41) is 0. The number of carbonyl (C=O) groups is 1. The van der Waals surface area contributed by atoms with Crippen molar-refractivity contribution >= 4 is 5.78 Å². The van der Waals surface area contributed by atoms with E-state index in [0.29, 0.717) is 12.0 Å². The smallest absolute Gasteiger partial charge is 0.184 e. The average molecular weight is 441 g/mol. The summed E-state index contributed by atoms with van der Waals surface area (Å²) in [6.45, 7) is 15.1. The summed E-state index contributed by atoms with van der Waals surface area (Å²) in [5.74, 6) is 5.25. The van der Waals surface area contributed by atoms with Crippen LogP contribution < -0.4 is 0 Å². The minimum atomic E-state index is 0.155. The molecular formula is C30H48O2. The minimum absolute atomic E-state index is 0.155. The lowest BCUT2D eigenvalue weighted by Crippen LogP contribution is -2.51. The average Bonchev–Trinajstić information content (AvgIpc) is 3.09. The molecule has 3 saturated carbocycles. The van der Waals surface area contributed by atoms with Gasteiger partial charge in [0.25, 0.3) is 0 Å². The molecule has 0 heterocycles. The summed E-state index contributed by atoms with van der Waals surface area (Å²) < 4.78 is 5.56. The number of allylic oxidation sites excluding steroid dienone is 2. The summed E-state index contributed by atoms with van der Waals surface area (Å²) in [5.41, 5.74) is 3.03. The van der Waals surface area contributed by atoms with E-state index in [1.807, 2.05) is 13.0 Å². The maximum Gasteiger partial charge on any atom is 0.184 e. The Morgan fingerprint density at radius 2 is 1.88 bits per heavy atom. The number of fused-ring (bicyclic) bond motifs is 5. The van der Waals surface area contributed by atoms with Gasteiger partial charge in [0, 0.05) is 5.57 Å². The summed E-state index contributed by atoms with van der Waals surface area (Å²) in [4.78, 5) is 12.7. The summed E-state index contributed by atoms with van der Waals surface area (Å²) in [7, 11) is 0. The van der Waals surface area contributed by atoms with Crippen molar-refractivity contribution in [3.05, 3.63) is 23.5 Å². The molecule has 2 heteroatoms. The zero-order chi connectivity index (χ0) is 23.1. The Hall–Kier alpha value is -1.05. The van der Waals surface area contributed by atoms with Crippen LogP contribution in [-0.2, 0) is 9.53 Å². The Morgan fingerprint density at radius 3 is 2.59 bits per heavy atom. The van der Waals surface area contributed by atoms with Crippen molar-refractivity contribution < 1.29 is 9.53 Å². The first-order valence-electron chi connectivity index (χ1n) is 13.8. The largest absolute Gasteiger partial charge is 0.501 e. The first-order valence-corrected chi connectivity index (χ1v) is 13.8. The molecule has 0 N–H and O–H groups in total. The first-order chi connectivity index (χ1) is 15.2. The van der Waals surface area contributed by atoms with Crippen LogP contribution in [0, 0.1) is 46.3 Å². The molecule has 0 spiro atoms. The first kappa shape index (κ1) is 24.1. The molecule has 0 aromatic rings. The van der Waals surface area contributed by atoms with Gasteiger partial charge in [-0.1, -0.05) is 59.5 Å². The van der Waals surface area contributed by atoms with Gasteiger partial charge in [0.05, 0.1) is 12.9 Å². The number of ketones is 1. The molecule has 180 valence electrons. The van der Waals surface area contributed by atoms with E-state index >= 15 is 0 Å².